The van der Waals surface area contributed by atoms with Crippen molar-refractivity contribution in [3.05, 3.63) is 52.2 Å². The van der Waals surface area contributed by atoms with E-state index in [0.29, 0.717) is 12.1 Å². The molecule has 4 aromatic rings. The van der Waals surface area contributed by atoms with E-state index >= 15 is 0 Å². The topological polar surface area (TPSA) is 298 Å². The molecule has 5 rings (SSSR count). The summed E-state index contributed by atoms with van der Waals surface area (Å²) in [5.74, 6) is -9.55. The molecule has 1 aliphatic heterocycles. The third-order valence-corrected chi connectivity index (χ3v) is 6.87. The Morgan fingerprint density at radius 3 is 2.07 bits per heavy atom. The second-order valence-corrected chi connectivity index (χ2v) is 9.85. The Bertz CT molecular complexity index is 1840. The summed E-state index contributed by atoms with van der Waals surface area (Å²) in [4.78, 5) is 25.6. The van der Waals surface area contributed by atoms with Crippen LogP contribution in [0.3, 0.4) is 0 Å². The van der Waals surface area contributed by atoms with Gasteiger partial charge in [-0.25, -0.2) is 4.79 Å². The predicted molar refractivity (Wildman–Crippen MR) is 145 cm³/mol. The molecule has 17 heteroatoms. The molecule has 5 unspecified atom stereocenters. The van der Waals surface area contributed by atoms with Crippen molar-refractivity contribution in [3.63, 3.8) is 0 Å². The summed E-state index contributed by atoms with van der Waals surface area (Å²) in [7, 11) is 0. The van der Waals surface area contributed by atoms with Crippen LogP contribution in [0, 0.1) is 0 Å². The number of esters is 1. The number of fused-ring (bicyclic) bond motifs is 1. The highest BCUT2D eigenvalue weighted by Gasteiger charge is 2.48. The van der Waals surface area contributed by atoms with Crippen LogP contribution in [0.2, 0.25) is 0 Å². The Hall–Kier alpha value is -5.62. The molecule has 0 radical (unpaired) electrons. The van der Waals surface area contributed by atoms with Crippen molar-refractivity contribution in [2.45, 2.75) is 30.7 Å². The van der Waals surface area contributed by atoms with Gasteiger partial charge < -0.3 is 74.8 Å². The van der Waals surface area contributed by atoms with Crippen molar-refractivity contribution in [2.24, 2.45) is 0 Å². The van der Waals surface area contributed by atoms with Crippen LogP contribution in [0.1, 0.15) is 10.4 Å². The first kappa shape index (κ1) is 30.8. The number of rotatable bonds is 6. The van der Waals surface area contributed by atoms with Crippen LogP contribution in [0.15, 0.2) is 45.6 Å². The van der Waals surface area contributed by atoms with Gasteiger partial charge in [0.25, 0.3) is 0 Å². The van der Waals surface area contributed by atoms with Crippen molar-refractivity contribution in [2.75, 3.05) is 6.61 Å². The molecule has 1 saturated heterocycles. The SMILES string of the molecule is O=C(OC1C(Oc2cc(-c3oc4cc(O)cc(O)c4c(=O)c3O)cc(O)c2O)OC(CO)C(O)C1O)c1cc(O)c(O)c(O)c1. The van der Waals surface area contributed by atoms with E-state index in [0.717, 1.165) is 24.3 Å². The maximum atomic E-state index is 12.8. The van der Waals surface area contributed by atoms with Crippen LogP contribution >= 0.6 is 0 Å². The number of aliphatic hydroxyl groups is 3. The molecule has 17 nitrogen and oxygen atoms in total. The maximum Gasteiger partial charge on any atom is 0.339 e. The Balaban J connectivity index is 1.54. The number of ether oxygens (including phenoxy) is 3. The number of phenols is 7. The van der Waals surface area contributed by atoms with Gasteiger partial charge in [-0.15, -0.1) is 0 Å². The molecule has 2 heterocycles. The molecule has 238 valence electrons. The number of aromatic hydroxyl groups is 8. The van der Waals surface area contributed by atoms with E-state index in [1.807, 2.05) is 0 Å². The van der Waals surface area contributed by atoms with Gasteiger partial charge in [-0.1, -0.05) is 0 Å². The van der Waals surface area contributed by atoms with Crippen LogP contribution < -0.4 is 10.2 Å². The lowest BCUT2D eigenvalue weighted by Gasteiger charge is -2.41. The monoisotopic (exact) mass is 632 g/mol. The zero-order valence-electron chi connectivity index (χ0n) is 22.4. The number of carbonyl (C=O) groups excluding carboxylic acids is 1. The first-order valence-corrected chi connectivity index (χ1v) is 12.7. The molecular weight excluding hydrogens is 608 g/mol. The van der Waals surface area contributed by atoms with E-state index in [1.165, 1.54) is 0 Å². The zero-order valence-corrected chi connectivity index (χ0v) is 22.4. The van der Waals surface area contributed by atoms with Gasteiger partial charge in [-0.2, -0.15) is 0 Å². The molecule has 0 aliphatic carbocycles. The number of phenolic OH excluding ortho intramolecular Hbond substituents is 7. The molecule has 1 aromatic heterocycles. The smallest absolute Gasteiger partial charge is 0.339 e. The van der Waals surface area contributed by atoms with Gasteiger partial charge in [-0.3, -0.25) is 4.79 Å². The fraction of sp³-hybridized carbons (Fsp3) is 0.214. The summed E-state index contributed by atoms with van der Waals surface area (Å²) in [6.07, 6.45) is -9.35. The Morgan fingerprint density at radius 2 is 1.42 bits per heavy atom. The molecule has 11 N–H and O–H groups in total. The fourth-order valence-electron chi connectivity index (χ4n) is 4.60. The molecule has 1 fully saturated rings. The normalized spacial score (nSPS) is 21.4. The minimum absolute atomic E-state index is 0.321. The van der Waals surface area contributed by atoms with Crippen molar-refractivity contribution < 1.29 is 79.6 Å². The first-order valence-electron chi connectivity index (χ1n) is 12.7. The van der Waals surface area contributed by atoms with Gasteiger partial charge in [0.2, 0.25) is 23.2 Å². The number of aliphatic hydroxyl groups excluding tert-OH is 3. The summed E-state index contributed by atoms with van der Waals surface area (Å²) in [5.41, 5.74) is -2.36. The molecule has 0 amide bonds. The van der Waals surface area contributed by atoms with Gasteiger partial charge in [0.1, 0.15) is 40.8 Å². The standard InChI is InChI=1S/C28H24O17/c29-7-17-21(37)23(39)26(45-27(41)9-2-12(32)19(35)13(33)3-9)28(44-17)43-16-4-8(1-14(34)20(16)36)25-24(40)22(38)18-11(31)5-10(30)6-15(18)42-25/h1-6,17,21,23,26,28-37,39-40H,7H2. The third kappa shape index (κ3) is 5.47. The molecule has 0 bridgehead atoms. The van der Waals surface area contributed by atoms with Gasteiger partial charge in [0.15, 0.2) is 40.6 Å². The highest BCUT2D eigenvalue weighted by atomic mass is 16.7. The minimum atomic E-state index is -2.02. The molecule has 1 aliphatic rings. The summed E-state index contributed by atoms with van der Waals surface area (Å²) in [6, 6.07) is 4.97. The Kier molecular flexibility index (Phi) is 7.86. The van der Waals surface area contributed by atoms with Crippen LogP contribution in [-0.4, -0.2) is 99.5 Å². The zero-order chi connectivity index (χ0) is 32.9. The predicted octanol–water partition coefficient (Wildman–Crippen LogP) is 0.148. The van der Waals surface area contributed by atoms with E-state index in [2.05, 4.69) is 0 Å². The molecular formula is C28H24O17. The van der Waals surface area contributed by atoms with Crippen molar-refractivity contribution in [1.29, 1.82) is 0 Å². The van der Waals surface area contributed by atoms with E-state index < -0.39 is 117 Å². The van der Waals surface area contributed by atoms with E-state index in [1.54, 1.807) is 0 Å². The second-order valence-electron chi connectivity index (χ2n) is 9.85. The lowest BCUT2D eigenvalue weighted by Crippen LogP contribution is -2.61. The quantitative estimate of drug-likeness (QED) is 0.0995. The molecule has 0 spiro atoms. The summed E-state index contributed by atoms with van der Waals surface area (Å²) in [6.45, 7) is -0.883. The number of hydrogen-bond acceptors (Lipinski definition) is 17. The van der Waals surface area contributed by atoms with Crippen LogP contribution in [0.25, 0.3) is 22.3 Å². The van der Waals surface area contributed by atoms with E-state index in [-0.39, 0.29) is 11.1 Å². The Labute approximate surface area is 249 Å². The van der Waals surface area contributed by atoms with Crippen LogP contribution in [-0.2, 0) is 9.47 Å². The average molecular weight is 632 g/mol. The molecule has 3 aromatic carbocycles. The summed E-state index contributed by atoms with van der Waals surface area (Å²) < 4.78 is 21.7. The van der Waals surface area contributed by atoms with Crippen LogP contribution in [0.4, 0.5) is 0 Å². The highest BCUT2D eigenvalue weighted by molar-refractivity contribution is 5.91. The largest absolute Gasteiger partial charge is 0.508 e. The fourth-order valence-corrected chi connectivity index (χ4v) is 4.60. The number of benzene rings is 3. The molecule has 5 atom stereocenters. The van der Waals surface area contributed by atoms with Gasteiger partial charge in [-0.05, 0) is 24.3 Å². The van der Waals surface area contributed by atoms with Gasteiger partial charge in [0, 0.05) is 17.7 Å². The van der Waals surface area contributed by atoms with Crippen molar-refractivity contribution in [1.82, 2.24) is 0 Å². The summed E-state index contributed by atoms with van der Waals surface area (Å²) in [5, 5.41) is 111. The Morgan fingerprint density at radius 1 is 0.778 bits per heavy atom. The highest BCUT2D eigenvalue weighted by Crippen LogP contribution is 2.44. The first-order chi connectivity index (χ1) is 21.2. The van der Waals surface area contributed by atoms with Crippen LogP contribution in [0.5, 0.6) is 51.7 Å². The maximum absolute atomic E-state index is 12.8. The number of hydrogen-bond donors (Lipinski definition) is 11. The third-order valence-electron chi connectivity index (χ3n) is 6.87. The van der Waals surface area contributed by atoms with Crippen molar-refractivity contribution >= 4 is 16.9 Å². The minimum Gasteiger partial charge on any atom is -0.508 e. The van der Waals surface area contributed by atoms with E-state index in [9.17, 15) is 65.8 Å². The van der Waals surface area contributed by atoms with Crippen molar-refractivity contribution in [3.8, 4) is 63.1 Å². The number of carbonyl (C=O) groups is 1. The van der Waals surface area contributed by atoms with Gasteiger partial charge >= 0.3 is 5.97 Å². The lowest BCUT2D eigenvalue weighted by atomic mass is 9.99. The molecule has 0 saturated carbocycles. The average Bonchev–Trinajstić information content (AvgIpc) is 2.98. The van der Waals surface area contributed by atoms with Gasteiger partial charge in [0.05, 0.1) is 12.2 Å². The lowest BCUT2D eigenvalue weighted by molar-refractivity contribution is -0.276. The summed E-state index contributed by atoms with van der Waals surface area (Å²) >= 11 is 0. The second kappa shape index (κ2) is 11.5. The molecule has 45 heavy (non-hydrogen) atoms. The van der Waals surface area contributed by atoms with E-state index in [4.69, 9.17) is 18.6 Å².